The summed E-state index contributed by atoms with van der Waals surface area (Å²) in [5.74, 6) is 0.624. The van der Waals surface area contributed by atoms with Gasteiger partial charge >= 0.3 is 0 Å². The molecular formula is C38H53NO7SSi. The molecule has 1 N–H and O–H groups in total. The van der Waals surface area contributed by atoms with E-state index >= 15 is 0 Å². The van der Waals surface area contributed by atoms with Crippen LogP contribution in [0.1, 0.15) is 65.0 Å². The third kappa shape index (κ3) is 9.57. The minimum atomic E-state index is -3.91. The second-order valence-electron chi connectivity index (χ2n) is 14.9. The molecule has 1 aliphatic rings. The van der Waals surface area contributed by atoms with Crippen molar-refractivity contribution in [3.05, 3.63) is 96.1 Å². The van der Waals surface area contributed by atoms with Crippen molar-refractivity contribution in [2.75, 3.05) is 7.11 Å². The summed E-state index contributed by atoms with van der Waals surface area (Å²) in [6, 6.07) is 25.9. The van der Waals surface area contributed by atoms with Gasteiger partial charge in [-0.3, -0.25) is 4.79 Å². The van der Waals surface area contributed by atoms with Crippen LogP contribution in [0.3, 0.4) is 0 Å². The number of rotatable bonds is 14. The van der Waals surface area contributed by atoms with Gasteiger partial charge in [0.2, 0.25) is 15.7 Å². The molecule has 0 aliphatic carbocycles. The SMILES string of the molecule is COc1ccc(CO[C@H]2C[C@@H](C[C@H](CC(=O)NCc3ccccc3)O[Si](C)(C)C(C)(C)C)O[C@H](S(=O)(=O)c3ccccc3)C2(C)C)cc1. The molecule has 1 heterocycles. The van der Waals surface area contributed by atoms with E-state index in [1.54, 1.807) is 37.4 Å². The first-order valence-electron chi connectivity index (χ1n) is 16.7. The van der Waals surface area contributed by atoms with E-state index in [1.165, 1.54) is 0 Å². The highest BCUT2D eigenvalue weighted by atomic mass is 32.2. The van der Waals surface area contributed by atoms with Crippen LogP contribution in [0.15, 0.2) is 89.8 Å². The third-order valence-electron chi connectivity index (χ3n) is 9.73. The van der Waals surface area contributed by atoms with Crippen LogP contribution in [0.25, 0.3) is 0 Å². The van der Waals surface area contributed by atoms with E-state index in [0.717, 1.165) is 16.9 Å². The molecule has 0 spiro atoms. The Morgan fingerprint density at radius 1 is 0.958 bits per heavy atom. The number of benzene rings is 3. The smallest absolute Gasteiger partial charge is 0.222 e. The van der Waals surface area contributed by atoms with Crippen LogP contribution in [-0.4, -0.2) is 53.5 Å². The Morgan fingerprint density at radius 3 is 2.15 bits per heavy atom. The number of amides is 1. The highest BCUT2D eigenvalue weighted by Gasteiger charge is 2.52. The highest BCUT2D eigenvalue weighted by Crippen LogP contribution is 2.45. The summed E-state index contributed by atoms with van der Waals surface area (Å²) in [7, 11) is -4.61. The van der Waals surface area contributed by atoms with Gasteiger partial charge in [-0.05, 0) is 59.9 Å². The summed E-state index contributed by atoms with van der Waals surface area (Å²) in [4.78, 5) is 13.5. The first kappa shape index (κ1) is 37.8. The van der Waals surface area contributed by atoms with Gasteiger partial charge in [0.1, 0.15) is 5.75 Å². The first-order chi connectivity index (χ1) is 22.5. The van der Waals surface area contributed by atoms with Crippen LogP contribution in [0.5, 0.6) is 5.75 Å². The van der Waals surface area contributed by atoms with E-state index in [0.29, 0.717) is 26.0 Å². The number of hydrogen-bond acceptors (Lipinski definition) is 7. The van der Waals surface area contributed by atoms with Crippen molar-refractivity contribution < 1.29 is 31.8 Å². The predicted octanol–water partition coefficient (Wildman–Crippen LogP) is 7.68. The fraction of sp³-hybridized carbons (Fsp3) is 0.500. The van der Waals surface area contributed by atoms with Gasteiger partial charge in [0, 0.05) is 18.4 Å². The summed E-state index contributed by atoms with van der Waals surface area (Å²) < 4.78 is 53.7. The molecule has 1 saturated heterocycles. The Bertz CT molecular complexity index is 1570. The lowest BCUT2D eigenvalue weighted by Gasteiger charge is -2.48. The largest absolute Gasteiger partial charge is 0.497 e. The van der Waals surface area contributed by atoms with E-state index in [-0.39, 0.29) is 22.3 Å². The molecule has 10 heteroatoms. The molecule has 0 unspecified atom stereocenters. The molecule has 1 aliphatic heterocycles. The number of ether oxygens (including phenoxy) is 3. The topological polar surface area (TPSA) is 100 Å². The molecule has 0 radical (unpaired) electrons. The van der Waals surface area contributed by atoms with Gasteiger partial charge in [0.25, 0.3) is 0 Å². The third-order valence-corrected chi connectivity index (χ3v) is 16.5. The second-order valence-corrected chi connectivity index (χ2v) is 21.6. The standard InChI is InChI=1S/C38H53NO7SSi/c1-37(2,3)48(7,8)46-32(25-35(40)39-26-28-15-11-9-12-16-28)23-31-24-34(44-27-29-19-21-30(43-6)22-20-29)38(4,5)36(45-31)47(41,42)33-17-13-10-14-18-33/h9-22,31-32,34,36H,23-27H2,1-8H3,(H,39,40)/t31-,32-,34+,36-/m1/s1. The molecule has 4 rings (SSSR count). The molecule has 0 saturated carbocycles. The average Bonchev–Trinajstić information content (AvgIpc) is 3.04. The zero-order chi connectivity index (χ0) is 35.2. The highest BCUT2D eigenvalue weighted by molar-refractivity contribution is 7.92. The van der Waals surface area contributed by atoms with E-state index in [1.807, 2.05) is 68.4 Å². The maximum atomic E-state index is 14.2. The number of carbonyl (C=O) groups is 1. The molecule has 1 fully saturated rings. The van der Waals surface area contributed by atoms with E-state index in [2.05, 4.69) is 39.2 Å². The van der Waals surface area contributed by atoms with Crippen molar-refractivity contribution in [2.24, 2.45) is 5.41 Å². The zero-order valence-electron chi connectivity index (χ0n) is 29.7. The van der Waals surface area contributed by atoms with Crippen molar-refractivity contribution in [1.29, 1.82) is 0 Å². The molecule has 4 atom stereocenters. The van der Waals surface area contributed by atoms with E-state index < -0.39 is 47.3 Å². The fourth-order valence-corrected chi connectivity index (χ4v) is 9.20. The normalized spacial score (nSPS) is 20.5. The Hall–Kier alpha value is -3.02. The minimum Gasteiger partial charge on any atom is -0.497 e. The Morgan fingerprint density at radius 2 is 1.56 bits per heavy atom. The molecule has 0 aromatic heterocycles. The molecule has 8 nitrogen and oxygen atoms in total. The van der Waals surface area contributed by atoms with Gasteiger partial charge < -0.3 is 24.0 Å². The summed E-state index contributed by atoms with van der Waals surface area (Å²) in [5, 5.41) is 2.95. The number of carbonyl (C=O) groups excluding carboxylic acids is 1. The Balaban J connectivity index is 1.61. The lowest BCUT2D eigenvalue weighted by atomic mass is 9.80. The fourth-order valence-electron chi connectivity index (χ4n) is 5.80. The van der Waals surface area contributed by atoms with Crippen LogP contribution in [0.2, 0.25) is 18.1 Å². The van der Waals surface area contributed by atoms with Gasteiger partial charge in [0.15, 0.2) is 13.8 Å². The van der Waals surface area contributed by atoms with Gasteiger partial charge in [0.05, 0.1) is 43.3 Å². The van der Waals surface area contributed by atoms with Crippen LogP contribution in [-0.2, 0) is 41.7 Å². The van der Waals surface area contributed by atoms with Gasteiger partial charge in [-0.1, -0.05) is 95.3 Å². The Labute approximate surface area is 288 Å². The quantitative estimate of drug-likeness (QED) is 0.173. The molecule has 3 aromatic rings. The van der Waals surface area contributed by atoms with Crippen LogP contribution < -0.4 is 10.1 Å². The van der Waals surface area contributed by atoms with Gasteiger partial charge in [-0.2, -0.15) is 0 Å². The predicted molar refractivity (Wildman–Crippen MR) is 192 cm³/mol. The zero-order valence-corrected chi connectivity index (χ0v) is 31.5. The lowest BCUT2D eigenvalue weighted by Crippen LogP contribution is -2.55. The number of nitrogens with one attached hydrogen (secondary N) is 1. The van der Waals surface area contributed by atoms with Crippen LogP contribution in [0, 0.1) is 5.41 Å². The summed E-state index contributed by atoms with van der Waals surface area (Å²) in [6.45, 7) is 15.3. The Kier molecular flexibility index (Phi) is 12.3. The molecule has 262 valence electrons. The van der Waals surface area contributed by atoms with Crippen molar-refractivity contribution in [3.8, 4) is 5.75 Å². The average molecular weight is 696 g/mol. The number of sulfone groups is 1. The molecule has 0 bridgehead atoms. The van der Waals surface area contributed by atoms with E-state index in [9.17, 15) is 13.2 Å². The monoisotopic (exact) mass is 695 g/mol. The minimum absolute atomic E-state index is 0.0929. The number of hydrogen-bond donors (Lipinski definition) is 1. The van der Waals surface area contributed by atoms with Crippen LogP contribution in [0.4, 0.5) is 0 Å². The molecule has 48 heavy (non-hydrogen) atoms. The van der Waals surface area contributed by atoms with Crippen molar-refractivity contribution >= 4 is 24.1 Å². The van der Waals surface area contributed by atoms with E-state index in [4.69, 9.17) is 18.6 Å². The molecule has 1 amide bonds. The maximum Gasteiger partial charge on any atom is 0.222 e. The molecular weight excluding hydrogens is 643 g/mol. The van der Waals surface area contributed by atoms with Crippen molar-refractivity contribution in [1.82, 2.24) is 5.32 Å². The second kappa shape index (κ2) is 15.7. The van der Waals surface area contributed by atoms with Crippen molar-refractivity contribution in [2.45, 2.75) is 114 Å². The van der Waals surface area contributed by atoms with Crippen LogP contribution >= 0.6 is 0 Å². The first-order valence-corrected chi connectivity index (χ1v) is 21.2. The van der Waals surface area contributed by atoms with Gasteiger partial charge in [-0.25, -0.2) is 8.42 Å². The maximum absolute atomic E-state index is 14.2. The molecule has 3 aromatic carbocycles. The summed E-state index contributed by atoms with van der Waals surface area (Å²) in [6.07, 6.45) is -0.523. The van der Waals surface area contributed by atoms with Crippen molar-refractivity contribution in [3.63, 3.8) is 0 Å². The van der Waals surface area contributed by atoms with Gasteiger partial charge in [-0.15, -0.1) is 0 Å². The summed E-state index contributed by atoms with van der Waals surface area (Å²) in [5.41, 5.74) is -0.101. The number of methoxy groups -OCH3 is 1. The lowest BCUT2D eigenvalue weighted by molar-refractivity contribution is -0.172. The summed E-state index contributed by atoms with van der Waals surface area (Å²) >= 11 is 0.